The molecular formula is C26H34N4O2S. The van der Waals surface area contributed by atoms with Crippen LogP contribution in [0.15, 0.2) is 71.2 Å². The van der Waals surface area contributed by atoms with Gasteiger partial charge in [-0.1, -0.05) is 38.5 Å². The Morgan fingerprint density at radius 1 is 1.18 bits per heavy atom. The van der Waals surface area contributed by atoms with E-state index >= 15 is 0 Å². The van der Waals surface area contributed by atoms with Gasteiger partial charge in [-0.25, -0.2) is 9.29 Å². The molecule has 33 heavy (non-hydrogen) atoms. The summed E-state index contributed by atoms with van der Waals surface area (Å²) in [6.45, 7) is 10.2. The first-order chi connectivity index (χ1) is 16.1. The highest BCUT2D eigenvalue weighted by Crippen LogP contribution is 2.29. The Bertz CT molecular complexity index is 925. The van der Waals surface area contributed by atoms with E-state index in [0.717, 1.165) is 60.6 Å². The molecule has 2 aliphatic rings. The fraction of sp³-hybridized carbons (Fsp3) is 0.462. The summed E-state index contributed by atoms with van der Waals surface area (Å²) >= 11 is 1.65. The number of nitrogens with zero attached hydrogens (tertiary/aromatic N) is 2. The van der Waals surface area contributed by atoms with Crippen molar-refractivity contribution in [2.24, 2.45) is 5.92 Å². The van der Waals surface area contributed by atoms with Crippen LogP contribution in [0.1, 0.15) is 50.5 Å². The standard InChI is InChI=1S/C26H34N4O2S/c1-19-17-30(33-24-12-6-7-14-27-24)15-8-11-23(19)29-26(31)25(21-9-4-3-5-10-21)28-20(2)22-13-16-32-18-22/h6-7,12-14,16,18,21,23,25,28H,1-5,8-11,15,17H2,(H,29,31). The van der Waals surface area contributed by atoms with Crippen molar-refractivity contribution >= 4 is 23.6 Å². The first-order valence-electron chi connectivity index (χ1n) is 11.9. The van der Waals surface area contributed by atoms with E-state index in [2.05, 4.69) is 33.1 Å². The van der Waals surface area contributed by atoms with E-state index in [9.17, 15) is 4.79 Å². The summed E-state index contributed by atoms with van der Waals surface area (Å²) in [6, 6.07) is 7.48. The summed E-state index contributed by atoms with van der Waals surface area (Å²) in [6.07, 6.45) is 12.7. The number of nitrogens with one attached hydrogen (secondary N) is 2. The average molecular weight is 467 g/mol. The Kier molecular flexibility index (Phi) is 8.29. The predicted molar refractivity (Wildman–Crippen MR) is 133 cm³/mol. The SMILES string of the molecule is C=C(NC(C(=O)NC1CCCN(Sc2ccccn2)CC1=C)C1CCCCC1)c1ccoc1. The monoisotopic (exact) mass is 466 g/mol. The minimum atomic E-state index is -0.303. The van der Waals surface area contributed by atoms with E-state index in [-0.39, 0.29) is 18.0 Å². The van der Waals surface area contributed by atoms with Crippen LogP contribution in [0.25, 0.3) is 5.70 Å². The van der Waals surface area contributed by atoms with Gasteiger partial charge in [0.2, 0.25) is 5.91 Å². The number of rotatable bonds is 8. The van der Waals surface area contributed by atoms with Crippen molar-refractivity contribution < 1.29 is 9.21 Å². The molecule has 176 valence electrons. The highest BCUT2D eigenvalue weighted by atomic mass is 32.2. The number of hydrogen-bond donors (Lipinski definition) is 2. The number of carbonyl (C=O) groups excluding carboxylic acids is 1. The normalized spacial score (nSPS) is 21.2. The fourth-order valence-electron chi connectivity index (χ4n) is 4.71. The lowest BCUT2D eigenvalue weighted by atomic mass is 9.83. The van der Waals surface area contributed by atoms with Crippen LogP contribution in [0.3, 0.4) is 0 Å². The van der Waals surface area contributed by atoms with Gasteiger partial charge in [0.1, 0.15) is 11.1 Å². The third kappa shape index (κ3) is 6.51. The van der Waals surface area contributed by atoms with Gasteiger partial charge in [-0.15, -0.1) is 0 Å². The molecule has 3 heterocycles. The lowest BCUT2D eigenvalue weighted by molar-refractivity contribution is -0.125. The Balaban J connectivity index is 1.39. The van der Waals surface area contributed by atoms with Crippen molar-refractivity contribution in [1.29, 1.82) is 0 Å². The first kappa shape index (κ1) is 23.6. The van der Waals surface area contributed by atoms with Gasteiger partial charge in [-0.2, -0.15) is 0 Å². The smallest absolute Gasteiger partial charge is 0.243 e. The summed E-state index contributed by atoms with van der Waals surface area (Å²) in [5.74, 6) is 0.348. The quantitative estimate of drug-likeness (QED) is 0.420. The highest BCUT2D eigenvalue weighted by molar-refractivity contribution is 7.97. The third-order valence-electron chi connectivity index (χ3n) is 6.55. The highest BCUT2D eigenvalue weighted by Gasteiger charge is 2.32. The molecule has 0 spiro atoms. The molecule has 2 aromatic heterocycles. The van der Waals surface area contributed by atoms with Crippen molar-refractivity contribution in [3.05, 3.63) is 67.3 Å². The lowest BCUT2D eigenvalue weighted by Gasteiger charge is -2.32. The van der Waals surface area contributed by atoms with Gasteiger partial charge < -0.3 is 15.1 Å². The second kappa shape index (κ2) is 11.6. The molecule has 1 amide bonds. The predicted octanol–water partition coefficient (Wildman–Crippen LogP) is 5.03. The average Bonchev–Trinajstić information content (AvgIpc) is 3.32. The largest absolute Gasteiger partial charge is 0.472 e. The van der Waals surface area contributed by atoms with Crippen LogP contribution >= 0.6 is 11.9 Å². The Hall–Kier alpha value is -2.51. The molecule has 2 aromatic rings. The lowest BCUT2D eigenvalue weighted by Crippen LogP contribution is -2.51. The van der Waals surface area contributed by atoms with Crippen LogP contribution in [0.2, 0.25) is 0 Å². The molecule has 1 saturated heterocycles. The minimum Gasteiger partial charge on any atom is -0.472 e. The van der Waals surface area contributed by atoms with Gasteiger partial charge in [0, 0.05) is 30.5 Å². The van der Waals surface area contributed by atoms with Crippen LogP contribution in [-0.2, 0) is 4.79 Å². The number of carbonyl (C=O) groups is 1. The zero-order valence-corrected chi connectivity index (χ0v) is 20.0. The molecule has 7 heteroatoms. The molecule has 6 nitrogen and oxygen atoms in total. The molecule has 1 saturated carbocycles. The van der Waals surface area contributed by atoms with Gasteiger partial charge in [0.25, 0.3) is 0 Å². The second-order valence-corrected chi connectivity index (χ2v) is 10.1. The van der Waals surface area contributed by atoms with Crippen molar-refractivity contribution in [2.45, 2.75) is 62.1 Å². The first-order valence-corrected chi connectivity index (χ1v) is 12.7. The summed E-state index contributed by atoms with van der Waals surface area (Å²) in [5.41, 5.74) is 2.65. The Morgan fingerprint density at radius 3 is 2.76 bits per heavy atom. The van der Waals surface area contributed by atoms with E-state index in [1.54, 1.807) is 24.5 Å². The molecule has 1 aliphatic carbocycles. The number of amides is 1. The third-order valence-corrected chi connectivity index (χ3v) is 7.55. The molecule has 0 radical (unpaired) electrons. The van der Waals surface area contributed by atoms with Crippen LogP contribution in [0, 0.1) is 5.92 Å². The van der Waals surface area contributed by atoms with Crippen molar-refractivity contribution in [3.8, 4) is 0 Å². The van der Waals surface area contributed by atoms with E-state index in [0.29, 0.717) is 5.92 Å². The summed E-state index contributed by atoms with van der Waals surface area (Å²) in [4.78, 5) is 18.0. The summed E-state index contributed by atoms with van der Waals surface area (Å²) in [7, 11) is 0. The molecule has 2 fully saturated rings. The maximum Gasteiger partial charge on any atom is 0.243 e. The van der Waals surface area contributed by atoms with Gasteiger partial charge in [0.15, 0.2) is 0 Å². The minimum absolute atomic E-state index is 0.0260. The molecule has 1 aliphatic heterocycles. The van der Waals surface area contributed by atoms with Crippen molar-refractivity contribution in [2.75, 3.05) is 13.1 Å². The number of hydrogen-bond acceptors (Lipinski definition) is 6. The van der Waals surface area contributed by atoms with Crippen molar-refractivity contribution in [3.63, 3.8) is 0 Å². The number of aromatic nitrogens is 1. The van der Waals surface area contributed by atoms with Crippen LogP contribution in [0.4, 0.5) is 0 Å². The van der Waals surface area contributed by atoms with E-state index in [1.165, 1.54) is 19.3 Å². The van der Waals surface area contributed by atoms with Crippen molar-refractivity contribution in [1.82, 2.24) is 19.9 Å². The molecule has 0 aromatic carbocycles. The maximum absolute atomic E-state index is 13.5. The zero-order chi connectivity index (χ0) is 23.0. The second-order valence-electron chi connectivity index (χ2n) is 9.00. The summed E-state index contributed by atoms with van der Waals surface area (Å²) in [5, 5.41) is 7.73. The molecule has 2 unspecified atom stereocenters. The van der Waals surface area contributed by atoms with Crippen LogP contribution < -0.4 is 10.6 Å². The van der Waals surface area contributed by atoms with E-state index in [4.69, 9.17) is 4.42 Å². The molecule has 4 rings (SSSR count). The zero-order valence-electron chi connectivity index (χ0n) is 19.2. The van der Waals surface area contributed by atoms with Gasteiger partial charge in [-0.05, 0) is 67.3 Å². The fourth-order valence-corrected chi connectivity index (χ4v) is 5.67. The Labute approximate surface area is 201 Å². The van der Waals surface area contributed by atoms with Gasteiger partial charge in [0.05, 0.1) is 18.6 Å². The van der Waals surface area contributed by atoms with Gasteiger partial charge in [-0.3, -0.25) is 4.79 Å². The number of furan rings is 1. The van der Waals surface area contributed by atoms with Gasteiger partial charge >= 0.3 is 0 Å². The number of pyridine rings is 1. The van der Waals surface area contributed by atoms with Crippen LogP contribution in [0.5, 0.6) is 0 Å². The molecule has 0 bridgehead atoms. The van der Waals surface area contributed by atoms with E-state index < -0.39 is 0 Å². The molecule has 2 N–H and O–H groups in total. The van der Waals surface area contributed by atoms with Crippen LogP contribution in [-0.4, -0.2) is 40.4 Å². The summed E-state index contributed by atoms with van der Waals surface area (Å²) < 4.78 is 7.49. The molecule has 2 atom stereocenters. The molecular weight excluding hydrogens is 432 g/mol. The maximum atomic E-state index is 13.5. The Morgan fingerprint density at radius 2 is 2.03 bits per heavy atom. The van der Waals surface area contributed by atoms with E-state index in [1.807, 2.05) is 30.5 Å². The topological polar surface area (TPSA) is 70.4 Å².